The summed E-state index contributed by atoms with van der Waals surface area (Å²) in [5.41, 5.74) is 0.685. The first kappa shape index (κ1) is 16.0. The number of ether oxygens (including phenoxy) is 1. The van der Waals surface area contributed by atoms with Gasteiger partial charge in [0.25, 0.3) is 5.91 Å². The fourth-order valence-electron chi connectivity index (χ4n) is 2.57. The first-order chi connectivity index (χ1) is 10.1. The molecule has 114 valence electrons. The van der Waals surface area contributed by atoms with Gasteiger partial charge < -0.3 is 10.1 Å². The lowest BCUT2D eigenvalue weighted by atomic mass is 10.0. The van der Waals surface area contributed by atoms with E-state index in [4.69, 9.17) is 4.74 Å². The maximum absolute atomic E-state index is 11.7. The molecule has 0 atom stereocenters. The molecule has 5 heteroatoms. The summed E-state index contributed by atoms with van der Waals surface area (Å²) in [5, 5.41) is 2.68. The van der Waals surface area contributed by atoms with E-state index in [9.17, 15) is 9.59 Å². The number of hydrogen-bond donors (Lipinski definition) is 1. The van der Waals surface area contributed by atoms with Crippen LogP contribution in [-0.4, -0.2) is 18.5 Å². The van der Waals surface area contributed by atoms with Crippen molar-refractivity contribution in [3.8, 4) is 0 Å². The fourth-order valence-corrected chi connectivity index (χ4v) is 2.83. The Bertz CT molecular complexity index is 481. The van der Waals surface area contributed by atoms with E-state index >= 15 is 0 Å². The van der Waals surface area contributed by atoms with Crippen LogP contribution in [0.1, 0.15) is 38.5 Å². The molecule has 0 bridgehead atoms. The summed E-state index contributed by atoms with van der Waals surface area (Å²) in [4.78, 5) is 23.3. The quantitative estimate of drug-likeness (QED) is 0.789. The van der Waals surface area contributed by atoms with Gasteiger partial charge in [0.2, 0.25) is 0 Å². The summed E-state index contributed by atoms with van der Waals surface area (Å²) in [6, 6.07) is 7.24. The van der Waals surface area contributed by atoms with E-state index in [1.54, 1.807) is 12.1 Å². The number of benzene rings is 1. The maximum Gasteiger partial charge on any atom is 0.306 e. The molecule has 1 amide bonds. The van der Waals surface area contributed by atoms with Crippen LogP contribution in [0.25, 0.3) is 0 Å². The van der Waals surface area contributed by atoms with Gasteiger partial charge in [-0.3, -0.25) is 9.59 Å². The van der Waals surface area contributed by atoms with Gasteiger partial charge in [-0.15, -0.1) is 0 Å². The molecule has 0 heterocycles. The molecule has 1 aromatic rings. The normalized spacial score (nSPS) is 14.9. The number of carbonyl (C=O) groups excluding carboxylic acids is 2. The average Bonchev–Trinajstić information content (AvgIpc) is 2.99. The summed E-state index contributed by atoms with van der Waals surface area (Å²) in [6.07, 6.45) is 6.28. The van der Waals surface area contributed by atoms with Crippen molar-refractivity contribution in [2.45, 2.75) is 38.5 Å². The maximum atomic E-state index is 11.7. The second kappa shape index (κ2) is 8.17. The first-order valence-corrected chi connectivity index (χ1v) is 8.14. The molecule has 1 aliphatic rings. The van der Waals surface area contributed by atoms with Gasteiger partial charge in [-0.05, 0) is 36.6 Å². The van der Waals surface area contributed by atoms with Gasteiger partial charge in [0, 0.05) is 16.6 Å². The van der Waals surface area contributed by atoms with Crippen molar-refractivity contribution in [3.05, 3.63) is 28.7 Å². The Kier molecular flexibility index (Phi) is 6.23. The van der Waals surface area contributed by atoms with Gasteiger partial charge in [0.15, 0.2) is 6.61 Å². The largest absolute Gasteiger partial charge is 0.456 e. The zero-order valence-corrected chi connectivity index (χ0v) is 13.5. The Balaban J connectivity index is 1.63. The number of rotatable bonds is 6. The predicted octanol–water partition coefficient (Wildman–Crippen LogP) is 3.90. The van der Waals surface area contributed by atoms with Crippen molar-refractivity contribution in [3.63, 3.8) is 0 Å². The van der Waals surface area contributed by atoms with Crippen LogP contribution in [-0.2, 0) is 14.3 Å². The van der Waals surface area contributed by atoms with Crippen LogP contribution in [0.4, 0.5) is 5.69 Å². The Morgan fingerprint density at radius 1 is 1.19 bits per heavy atom. The van der Waals surface area contributed by atoms with Gasteiger partial charge in [-0.1, -0.05) is 41.6 Å². The fraction of sp³-hybridized carbons (Fsp3) is 0.500. The zero-order valence-electron chi connectivity index (χ0n) is 11.9. The monoisotopic (exact) mass is 353 g/mol. The van der Waals surface area contributed by atoms with Crippen molar-refractivity contribution in [1.82, 2.24) is 0 Å². The van der Waals surface area contributed by atoms with Gasteiger partial charge >= 0.3 is 5.97 Å². The van der Waals surface area contributed by atoms with Crippen molar-refractivity contribution >= 4 is 33.5 Å². The van der Waals surface area contributed by atoms with Gasteiger partial charge in [0.1, 0.15) is 0 Å². The first-order valence-electron chi connectivity index (χ1n) is 7.34. The number of nitrogens with one attached hydrogen (secondary N) is 1. The van der Waals surface area contributed by atoms with Crippen LogP contribution in [0.3, 0.4) is 0 Å². The highest BCUT2D eigenvalue weighted by atomic mass is 79.9. The second-order valence-electron chi connectivity index (χ2n) is 5.40. The molecule has 0 radical (unpaired) electrons. The van der Waals surface area contributed by atoms with Crippen molar-refractivity contribution in [1.29, 1.82) is 0 Å². The number of anilines is 1. The molecule has 1 saturated carbocycles. The van der Waals surface area contributed by atoms with Crippen LogP contribution in [0, 0.1) is 5.92 Å². The summed E-state index contributed by atoms with van der Waals surface area (Å²) < 4.78 is 5.94. The van der Waals surface area contributed by atoms with Crippen LogP contribution in [0.5, 0.6) is 0 Å². The van der Waals surface area contributed by atoms with E-state index in [0.717, 1.165) is 10.9 Å². The van der Waals surface area contributed by atoms with Crippen LogP contribution < -0.4 is 5.32 Å². The standard InChI is InChI=1S/C16H20BrNO3/c17-13-6-8-14(9-7-13)18-15(19)11-21-16(20)10-5-12-3-1-2-4-12/h6-9,12H,1-5,10-11H2,(H,18,19). The zero-order chi connectivity index (χ0) is 15.1. The van der Waals surface area contributed by atoms with Crippen molar-refractivity contribution < 1.29 is 14.3 Å². The molecule has 21 heavy (non-hydrogen) atoms. The van der Waals surface area contributed by atoms with Crippen molar-refractivity contribution in [2.75, 3.05) is 11.9 Å². The topological polar surface area (TPSA) is 55.4 Å². The molecule has 1 aliphatic carbocycles. The molecular formula is C16H20BrNO3. The average molecular weight is 354 g/mol. The molecular weight excluding hydrogens is 334 g/mol. The van der Waals surface area contributed by atoms with E-state index in [1.807, 2.05) is 12.1 Å². The molecule has 4 nitrogen and oxygen atoms in total. The molecule has 0 spiro atoms. The highest BCUT2D eigenvalue weighted by molar-refractivity contribution is 9.10. The number of hydrogen-bond acceptors (Lipinski definition) is 3. The Hall–Kier alpha value is -1.36. The molecule has 1 fully saturated rings. The third-order valence-electron chi connectivity index (χ3n) is 3.72. The third-order valence-corrected chi connectivity index (χ3v) is 4.25. The van der Waals surface area contributed by atoms with Gasteiger partial charge in [-0.25, -0.2) is 0 Å². The van der Waals surface area contributed by atoms with Crippen molar-refractivity contribution in [2.24, 2.45) is 5.92 Å². The van der Waals surface area contributed by atoms with Gasteiger partial charge in [-0.2, -0.15) is 0 Å². The molecule has 1 N–H and O–H groups in total. The second-order valence-corrected chi connectivity index (χ2v) is 6.32. The number of esters is 1. The number of halogens is 1. The molecule has 2 rings (SSSR count). The molecule has 0 aliphatic heterocycles. The van der Waals surface area contributed by atoms with E-state index in [2.05, 4.69) is 21.2 Å². The van der Waals surface area contributed by atoms with E-state index in [0.29, 0.717) is 18.0 Å². The molecule has 0 saturated heterocycles. The lowest BCUT2D eigenvalue weighted by Gasteiger charge is -2.09. The van der Waals surface area contributed by atoms with Crippen LogP contribution >= 0.6 is 15.9 Å². The Morgan fingerprint density at radius 2 is 1.86 bits per heavy atom. The SMILES string of the molecule is O=C(COC(=O)CCC1CCCC1)Nc1ccc(Br)cc1. The third kappa shape index (κ3) is 5.87. The minimum absolute atomic E-state index is 0.223. The minimum atomic E-state index is -0.313. The molecule has 0 aromatic heterocycles. The highest BCUT2D eigenvalue weighted by Crippen LogP contribution is 2.28. The Labute approximate surface area is 133 Å². The summed E-state index contributed by atoms with van der Waals surface area (Å²) in [7, 11) is 0. The van der Waals surface area contributed by atoms with Crippen LogP contribution in [0.2, 0.25) is 0 Å². The number of amides is 1. The van der Waals surface area contributed by atoms with E-state index < -0.39 is 0 Å². The Morgan fingerprint density at radius 3 is 2.52 bits per heavy atom. The lowest BCUT2D eigenvalue weighted by Crippen LogP contribution is -2.21. The van der Waals surface area contributed by atoms with E-state index in [-0.39, 0.29) is 18.5 Å². The summed E-state index contributed by atoms with van der Waals surface area (Å²) >= 11 is 3.32. The predicted molar refractivity (Wildman–Crippen MR) is 84.9 cm³/mol. The minimum Gasteiger partial charge on any atom is -0.456 e. The highest BCUT2D eigenvalue weighted by Gasteiger charge is 2.17. The smallest absolute Gasteiger partial charge is 0.306 e. The molecule has 1 aromatic carbocycles. The number of carbonyl (C=O) groups is 2. The summed E-state index contributed by atoms with van der Waals surface area (Å²) in [5.74, 6) is 0.0635. The van der Waals surface area contributed by atoms with Gasteiger partial charge in [0.05, 0.1) is 0 Å². The van der Waals surface area contributed by atoms with Crippen LogP contribution in [0.15, 0.2) is 28.7 Å². The molecule has 0 unspecified atom stereocenters. The lowest BCUT2D eigenvalue weighted by molar-refractivity contribution is -0.147. The van der Waals surface area contributed by atoms with E-state index in [1.165, 1.54) is 25.7 Å². The summed E-state index contributed by atoms with van der Waals surface area (Å²) in [6.45, 7) is -0.223.